The number of sulfone groups is 1. The van der Waals surface area contributed by atoms with Crippen molar-refractivity contribution in [3.8, 4) is 33.1 Å². The molecule has 0 aliphatic carbocycles. The predicted octanol–water partition coefficient (Wildman–Crippen LogP) is 4.03. The molecule has 2 aromatic carbocycles. The van der Waals surface area contributed by atoms with Gasteiger partial charge in [-0.1, -0.05) is 51.1 Å². The monoisotopic (exact) mass is 1110 g/mol. The van der Waals surface area contributed by atoms with Crippen LogP contribution in [0.25, 0.3) is 31.7 Å². The lowest BCUT2D eigenvalue weighted by Gasteiger charge is -2.35. The van der Waals surface area contributed by atoms with Crippen LogP contribution in [0, 0.1) is 17.7 Å². The third kappa shape index (κ3) is 15.5. The molecule has 2 aliphatic rings. The average molecular weight is 1110 g/mol. The number of aliphatic hydroxyl groups excluding tert-OH is 1. The summed E-state index contributed by atoms with van der Waals surface area (Å²) in [4.78, 5) is 60.7. The van der Waals surface area contributed by atoms with Gasteiger partial charge < -0.3 is 59.5 Å². The quantitative estimate of drug-likeness (QED) is 0.0274. The molecule has 2 saturated heterocycles. The third-order valence-electron chi connectivity index (χ3n) is 13.1. The zero-order valence-electron chi connectivity index (χ0n) is 43.9. The Bertz CT molecular complexity index is 2980. The van der Waals surface area contributed by atoms with Crippen molar-refractivity contribution in [2.75, 3.05) is 84.5 Å². The van der Waals surface area contributed by atoms with E-state index in [2.05, 4.69) is 26.3 Å². The fraction of sp³-hybridized carbons (Fsp3) is 0.509. The van der Waals surface area contributed by atoms with Crippen molar-refractivity contribution in [3.05, 3.63) is 86.7 Å². The summed E-state index contributed by atoms with van der Waals surface area (Å²) in [5.41, 5.74) is 5.55. The summed E-state index contributed by atoms with van der Waals surface area (Å²) in [5, 5.41) is 31.9. The van der Waals surface area contributed by atoms with Crippen molar-refractivity contribution < 1.29 is 51.6 Å². The van der Waals surface area contributed by atoms with Crippen LogP contribution < -0.4 is 36.3 Å². The van der Waals surface area contributed by atoms with Gasteiger partial charge in [-0.05, 0) is 60.1 Å². The number of aryl methyl sites for hydroxylation is 2. The van der Waals surface area contributed by atoms with Gasteiger partial charge in [-0.25, -0.2) is 13.4 Å². The molecule has 412 valence electrons. The maximum Gasteiger partial charge on any atom is 0.259 e. The Morgan fingerprint density at radius 1 is 0.921 bits per heavy atom. The standard InChI is InChI=1S/C53H70N8O12S3/c1-33-46(74-32-58-33)35-9-7-34(8-10-35)28-57-50(64)41-26-38(62)29-61(41)52(66)48(53(2,3)4)56-16-18-71-20-22-72-21-19-70-17-15-55-45(63)31-73-42-12-11-36(25-43(42)69-6)40-30-60(5)51(65)39-27-44(75-47(39)40)49(54)59-37-13-23-76(67,68)24-14-37/h7-12,25,27,30,32,37-38,41,48,56,62H,13-24,26,28-29,31H2,1-6H3,(H2,54,59)(H,55,63)(H,57,64)/t38-,41+,48-/m1/s1. The van der Waals surface area contributed by atoms with Crippen LogP contribution in [0.3, 0.4) is 0 Å². The molecule has 5 heterocycles. The van der Waals surface area contributed by atoms with Crippen molar-refractivity contribution >= 4 is 66.2 Å². The fourth-order valence-electron chi connectivity index (χ4n) is 9.01. The van der Waals surface area contributed by atoms with Crippen LogP contribution in [0.5, 0.6) is 11.5 Å². The van der Waals surface area contributed by atoms with Gasteiger partial charge >= 0.3 is 0 Å². The molecule has 23 heteroatoms. The van der Waals surface area contributed by atoms with Crippen molar-refractivity contribution in [2.24, 2.45) is 12.5 Å². The molecule has 5 aromatic rings. The normalized spacial score (nSPS) is 17.1. The molecule has 0 saturated carbocycles. The van der Waals surface area contributed by atoms with Crippen LogP contribution >= 0.6 is 22.7 Å². The van der Waals surface area contributed by atoms with Gasteiger partial charge in [0.15, 0.2) is 18.1 Å². The van der Waals surface area contributed by atoms with Gasteiger partial charge in [-0.15, -0.1) is 22.7 Å². The Hall–Kier alpha value is -5.79. The molecule has 0 bridgehead atoms. The van der Waals surface area contributed by atoms with Crippen molar-refractivity contribution in [3.63, 3.8) is 0 Å². The smallest absolute Gasteiger partial charge is 0.259 e. The second-order valence-electron chi connectivity index (χ2n) is 19.9. The molecule has 76 heavy (non-hydrogen) atoms. The van der Waals surface area contributed by atoms with E-state index in [0.717, 1.165) is 32.8 Å². The van der Waals surface area contributed by atoms with Gasteiger partial charge in [0.05, 0.1) is 96.7 Å². The number of methoxy groups -OCH3 is 1. The van der Waals surface area contributed by atoms with E-state index in [9.17, 15) is 32.7 Å². The number of likely N-dealkylation sites (tertiary alicyclic amines) is 1. The topological polar surface area (TPSA) is 262 Å². The van der Waals surface area contributed by atoms with E-state index in [1.54, 1.807) is 42.8 Å². The summed E-state index contributed by atoms with van der Waals surface area (Å²) in [6, 6.07) is 13.3. The van der Waals surface area contributed by atoms with E-state index in [4.69, 9.17) is 29.1 Å². The zero-order chi connectivity index (χ0) is 54.6. The number of carbonyl (C=O) groups excluding carboxylic acids is 3. The number of carbonyl (C=O) groups is 3. The maximum atomic E-state index is 14.0. The van der Waals surface area contributed by atoms with E-state index in [1.807, 2.05) is 63.5 Å². The van der Waals surface area contributed by atoms with E-state index in [0.29, 0.717) is 85.4 Å². The number of pyridine rings is 1. The lowest BCUT2D eigenvalue weighted by molar-refractivity contribution is -0.142. The summed E-state index contributed by atoms with van der Waals surface area (Å²) < 4.78 is 54.4. The van der Waals surface area contributed by atoms with Crippen LogP contribution in [0.4, 0.5) is 0 Å². The number of benzene rings is 2. The first-order valence-corrected chi connectivity index (χ1v) is 28.8. The van der Waals surface area contributed by atoms with Crippen LogP contribution in [-0.2, 0) is 52.0 Å². The number of β-amino-alcohol motifs (C(OH)–C–C–N with tert-alkyl or cyclic N) is 1. The van der Waals surface area contributed by atoms with E-state index in [-0.39, 0.29) is 79.4 Å². The highest BCUT2D eigenvalue weighted by atomic mass is 32.2. The average Bonchev–Trinajstić information content (AvgIpc) is 4.17. The van der Waals surface area contributed by atoms with E-state index < -0.39 is 33.4 Å². The SMILES string of the molecule is COc1cc(-c2cn(C)c(=O)c3cc(C(=N)NC4CCS(=O)(=O)CC4)sc23)ccc1OCC(=O)NCCOCCOCCOCCN[C@H](C(=O)N1C[C@H](O)C[C@H]1C(=O)NCc1ccc(-c2scnc2C)cc1)C(C)(C)C. The molecule has 7 rings (SSSR count). The van der Waals surface area contributed by atoms with Crippen molar-refractivity contribution in [2.45, 2.75) is 77.7 Å². The second-order valence-corrected chi connectivity index (χ2v) is 24.1. The van der Waals surface area contributed by atoms with Crippen molar-refractivity contribution in [1.82, 2.24) is 35.7 Å². The minimum Gasteiger partial charge on any atom is -0.493 e. The number of nitrogens with one attached hydrogen (secondary N) is 5. The van der Waals surface area contributed by atoms with E-state index in [1.165, 1.54) is 27.9 Å². The first-order valence-electron chi connectivity index (χ1n) is 25.3. The number of rotatable bonds is 25. The fourth-order valence-corrected chi connectivity index (χ4v) is 12.4. The van der Waals surface area contributed by atoms with E-state index >= 15 is 0 Å². The van der Waals surface area contributed by atoms with Crippen LogP contribution in [0.1, 0.15) is 56.2 Å². The number of amidine groups is 1. The number of thiazole rings is 1. The Balaban J connectivity index is 0.757. The van der Waals surface area contributed by atoms with Gasteiger partial charge in [0, 0.05) is 62.1 Å². The summed E-state index contributed by atoms with van der Waals surface area (Å²) in [6.45, 7) is 10.4. The molecule has 20 nitrogen and oxygen atoms in total. The highest BCUT2D eigenvalue weighted by Crippen LogP contribution is 2.38. The Morgan fingerprint density at radius 3 is 2.25 bits per heavy atom. The number of amides is 3. The largest absolute Gasteiger partial charge is 0.493 e. The minimum atomic E-state index is -3.04. The number of ether oxygens (including phenoxy) is 5. The summed E-state index contributed by atoms with van der Waals surface area (Å²) in [7, 11) is 0.110. The lowest BCUT2D eigenvalue weighted by Crippen LogP contribution is -2.57. The van der Waals surface area contributed by atoms with Gasteiger partial charge in [0.1, 0.15) is 21.7 Å². The van der Waals surface area contributed by atoms with Crippen LogP contribution in [0.2, 0.25) is 0 Å². The second kappa shape index (κ2) is 26.5. The molecule has 3 aromatic heterocycles. The van der Waals surface area contributed by atoms with Crippen LogP contribution in [0.15, 0.2) is 65.0 Å². The number of aliphatic hydroxyl groups is 1. The molecule has 3 amide bonds. The number of fused-ring (bicyclic) bond motifs is 1. The molecule has 6 N–H and O–H groups in total. The molecule has 0 unspecified atom stereocenters. The molecule has 2 fully saturated rings. The summed E-state index contributed by atoms with van der Waals surface area (Å²) in [5.74, 6) is 0.113. The molecular formula is C53H70N8O12S3. The molecule has 0 radical (unpaired) electrons. The van der Waals surface area contributed by atoms with Gasteiger partial charge in [0.25, 0.3) is 11.5 Å². The Morgan fingerprint density at radius 2 is 1.59 bits per heavy atom. The van der Waals surface area contributed by atoms with Gasteiger partial charge in [-0.2, -0.15) is 0 Å². The predicted molar refractivity (Wildman–Crippen MR) is 293 cm³/mol. The number of hydrogen-bond donors (Lipinski definition) is 6. The Kier molecular flexibility index (Phi) is 20.2. The van der Waals surface area contributed by atoms with Gasteiger partial charge in [-0.3, -0.25) is 24.6 Å². The number of aromatic nitrogens is 2. The van der Waals surface area contributed by atoms with Crippen molar-refractivity contribution in [1.29, 1.82) is 5.41 Å². The summed E-state index contributed by atoms with van der Waals surface area (Å²) >= 11 is 2.88. The molecule has 3 atom stereocenters. The zero-order valence-corrected chi connectivity index (χ0v) is 46.4. The lowest BCUT2D eigenvalue weighted by atomic mass is 9.85. The molecular weight excluding hydrogens is 1040 g/mol. The Labute approximate surface area is 451 Å². The summed E-state index contributed by atoms with van der Waals surface area (Å²) in [6.07, 6.45) is 1.93. The molecule has 2 aliphatic heterocycles. The number of nitrogens with zero attached hydrogens (tertiary/aromatic N) is 3. The number of hydrogen-bond acceptors (Lipinski definition) is 17. The first kappa shape index (κ1) is 57.9. The highest BCUT2D eigenvalue weighted by molar-refractivity contribution is 7.91. The van der Waals surface area contributed by atoms with Crippen LogP contribution in [-0.4, -0.2) is 160 Å². The number of thiophene rings is 1. The van der Waals surface area contributed by atoms with Gasteiger partial charge in [0.2, 0.25) is 11.8 Å². The third-order valence-corrected chi connectivity index (χ3v) is 17.0. The first-order chi connectivity index (χ1) is 36.3. The maximum absolute atomic E-state index is 14.0. The molecule has 0 spiro atoms. The highest BCUT2D eigenvalue weighted by Gasteiger charge is 2.43. The minimum absolute atomic E-state index is 0.0734.